The summed E-state index contributed by atoms with van der Waals surface area (Å²) in [5.41, 5.74) is 1.57. The zero-order valence-corrected chi connectivity index (χ0v) is 12.0. The van der Waals surface area contributed by atoms with E-state index in [0.29, 0.717) is 12.8 Å². The molecule has 0 aliphatic heterocycles. The van der Waals surface area contributed by atoms with Gasteiger partial charge in [0.15, 0.2) is 0 Å². The van der Waals surface area contributed by atoms with Crippen LogP contribution in [0, 0.1) is 0 Å². The second-order valence-corrected chi connectivity index (χ2v) is 5.17. The summed E-state index contributed by atoms with van der Waals surface area (Å²) in [7, 11) is 0. The molecule has 2 heteroatoms. The molecule has 0 saturated heterocycles. The van der Waals surface area contributed by atoms with Crippen molar-refractivity contribution in [1.82, 2.24) is 0 Å². The van der Waals surface area contributed by atoms with E-state index in [4.69, 9.17) is 0 Å². The molecule has 0 aromatic heterocycles. The molecular weight excluding hydrogens is 260 g/mol. The second kappa shape index (κ2) is 6.31. The van der Waals surface area contributed by atoms with Crippen molar-refractivity contribution in [3.8, 4) is 11.5 Å². The number of benzene rings is 2. The van der Waals surface area contributed by atoms with Gasteiger partial charge in [-0.3, -0.25) is 0 Å². The Morgan fingerprint density at radius 3 is 1.57 bits per heavy atom. The van der Waals surface area contributed by atoms with Gasteiger partial charge in [0.1, 0.15) is 11.5 Å². The lowest BCUT2D eigenvalue weighted by molar-refractivity contribution is 0.462. The molecule has 21 heavy (non-hydrogen) atoms. The Labute approximate surface area is 125 Å². The first-order valence-corrected chi connectivity index (χ1v) is 6.93. The van der Waals surface area contributed by atoms with E-state index >= 15 is 0 Å². The van der Waals surface area contributed by atoms with Crippen LogP contribution in [0.25, 0.3) is 0 Å². The van der Waals surface area contributed by atoms with E-state index in [2.05, 4.69) is 13.2 Å². The maximum Gasteiger partial charge on any atom is 0.115 e. The molecule has 2 rings (SSSR count). The van der Waals surface area contributed by atoms with Gasteiger partial charge in [0.2, 0.25) is 0 Å². The molecule has 0 aliphatic carbocycles. The summed E-state index contributed by atoms with van der Waals surface area (Å²) in [4.78, 5) is 0. The number of rotatable bonds is 6. The summed E-state index contributed by atoms with van der Waals surface area (Å²) in [6.07, 6.45) is 5.09. The first-order valence-electron chi connectivity index (χ1n) is 6.93. The molecule has 0 saturated carbocycles. The molecule has 0 unspecified atom stereocenters. The third kappa shape index (κ3) is 3.00. The van der Waals surface area contributed by atoms with E-state index in [9.17, 15) is 10.2 Å². The summed E-state index contributed by atoms with van der Waals surface area (Å²) in [6.45, 7) is 7.73. The third-order valence-corrected chi connectivity index (χ3v) is 3.78. The maximum atomic E-state index is 9.81. The van der Waals surface area contributed by atoms with E-state index in [-0.39, 0.29) is 16.9 Å². The average molecular weight is 280 g/mol. The molecule has 0 atom stereocenters. The highest BCUT2D eigenvalue weighted by molar-refractivity contribution is 5.45. The number of hydrogen-bond donors (Lipinski definition) is 2. The zero-order valence-electron chi connectivity index (χ0n) is 12.0. The molecule has 2 nitrogen and oxygen atoms in total. The van der Waals surface area contributed by atoms with Gasteiger partial charge >= 0.3 is 0 Å². The lowest BCUT2D eigenvalue weighted by atomic mass is 9.69. The summed E-state index contributed by atoms with van der Waals surface area (Å²) < 4.78 is 0. The quantitative estimate of drug-likeness (QED) is 0.763. The van der Waals surface area contributed by atoms with Crippen LogP contribution < -0.4 is 0 Å². The number of hydrogen-bond acceptors (Lipinski definition) is 2. The van der Waals surface area contributed by atoms with Gasteiger partial charge < -0.3 is 10.2 Å². The van der Waals surface area contributed by atoms with Crippen LogP contribution in [-0.4, -0.2) is 10.2 Å². The van der Waals surface area contributed by atoms with Crippen molar-refractivity contribution in [3.63, 3.8) is 0 Å². The Hall–Kier alpha value is -2.48. The number of aromatic hydroxyl groups is 2. The third-order valence-electron chi connectivity index (χ3n) is 3.78. The highest BCUT2D eigenvalue weighted by Crippen LogP contribution is 2.41. The Bertz CT molecular complexity index is 586. The van der Waals surface area contributed by atoms with Crippen LogP contribution in [0.2, 0.25) is 0 Å². The van der Waals surface area contributed by atoms with Crippen LogP contribution >= 0.6 is 0 Å². The summed E-state index contributed by atoms with van der Waals surface area (Å²) in [6, 6.07) is 14.4. The first kappa shape index (κ1) is 14.9. The SMILES string of the molecule is C=CCC(CC=C)(c1cccc(O)c1)c1cccc(O)c1. The van der Waals surface area contributed by atoms with Gasteiger partial charge in [0.05, 0.1) is 0 Å². The largest absolute Gasteiger partial charge is 0.508 e. The van der Waals surface area contributed by atoms with Crippen LogP contribution in [-0.2, 0) is 5.41 Å². The smallest absolute Gasteiger partial charge is 0.115 e. The van der Waals surface area contributed by atoms with Crippen molar-refractivity contribution in [2.45, 2.75) is 18.3 Å². The van der Waals surface area contributed by atoms with E-state index in [0.717, 1.165) is 11.1 Å². The fraction of sp³-hybridized carbons (Fsp3) is 0.158. The van der Waals surface area contributed by atoms with E-state index in [1.807, 2.05) is 36.4 Å². The second-order valence-electron chi connectivity index (χ2n) is 5.17. The number of phenolic OH excluding ortho intramolecular Hbond substituents is 2. The summed E-state index contributed by atoms with van der Waals surface area (Å²) in [5.74, 6) is 0.454. The lowest BCUT2D eigenvalue weighted by Crippen LogP contribution is -2.26. The summed E-state index contributed by atoms with van der Waals surface area (Å²) >= 11 is 0. The number of phenols is 2. The summed E-state index contributed by atoms with van der Waals surface area (Å²) in [5, 5.41) is 19.6. The molecule has 0 radical (unpaired) electrons. The van der Waals surface area contributed by atoms with Crippen LogP contribution in [0.15, 0.2) is 73.8 Å². The van der Waals surface area contributed by atoms with E-state index in [1.165, 1.54) is 0 Å². The highest BCUT2D eigenvalue weighted by Gasteiger charge is 2.32. The van der Waals surface area contributed by atoms with Crippen LogP contribution in [0.3, 0.4) is 0 Å². The van der Waals surface area contributed by atoms with Gasteiger partial charge in [-0.1, -0.05) is 36.4 Å². The molecule has 0 aliphatic rings. The molecule has 0 fully saturated rings. The normalized spacial score (nSPS) is 11.0. The standard InChI is InChI=1S/C19H20O2/c1-3-11-19(12-4-2,15-7-5-9-17(20)13-15)16-8-6-10-18(21)14-16/h3-10,13-14,20-21H,1-2,11-12H2. The van der Waals surface area contributed by atoms with E-state index < -0.39 is 0 Å². The Kier molecular flexibility index (Phi) is 4.49. The molecule has 0 spiro atoms. The maximum absolute atomic E-state index is 9.81. The van der Waals surface area contributed by atoms with Crippen molar-refractivity contribution in [2.24, 2.45) is 0 Å². The number of allylic oxidation sites excluding steroid dienone is 2. The minimum Gasteiger partial charge on any atom is -0.508 e. The Balaban J connectivity index is 2.67. The van der Waals surface area contributed by atoms with Crippen molar-refractivity contribution in [3.05, 3.63) is 85.0 Å². The first-order chi connectivity index (χ1) is 10.1. The lowest BCUT2D eigenvalue weighted by Gasteiger charge is -2.33. The van der Waals surface area contributed by atoms with Gasteiger partial charge in [0, 0.05) is 5.41 Å². The highest BCUT2D eigenvalue weighted by atomic mass is 16.3. The molecule has 0 amide bonds. The average Bonchev–Trinajstić information content (AvgIpc) is 2.47. The minimum atomic E-state index is -0.388. The fourth-order valence-electron chi connectivity index (χ4n) is 2.82. The molecular formula is C19H20O2. The van der Waals surface area contributed by atoms with Gasteiger partial charge in [-0.05, 0) is 48.2 Å². The molecule has 2 aromatic carbocycles. The Morgan fingerprint density at radius 1 is 0.810 bits per heavy atom. The van der Waals surface area contributed by atoms with Crippen molar-refractivity contribution in [2.75, 3.05) is 0 Å². The van der Waals surface area contributed by atoms with Crippen molar-refractivity contribution in [1.29, 1.82) is 0 Å². The minimum absolute atomic E-state index is 0.227. The molecule has 2 N–H and O–H groups in total. The molecule has 2 aromatic rings. The fourth-order valence-corrected chi connectivity index (χ4v) is 2.82. The van der Waals surface area contributed by atoms with E-state index in [1.54, 1.807) is 24.3 Å². The predicted octanol–water partition coefficient (Wildman–Crippen LogP) is 4.54. The topological polar surface area (TPSA) is 40.5 Å². The van der Waals surface area contributed by atoms with Gasteiger partial charge in [-0.15, -0.1) is 13.2 Å². The van der Waals surface area contributed by atoms with Crippen LogP contribution in [0.5, 0.6) is 11.5 Å². The predicted molar refractivity (Wildman–Crippen MR) is 86.6 cm³/mol. The molecule has 0 heterocycles. The molecule has 0 bridgehead atoms. The van der Waals surface area contributed by atoms with Gasteiger partial charge in [-0.25, -0.2) is 0 Å². The van der Waals surface area contributed by atoms with Crippen LogP contribution in [0.1, 0.15) is 24.0 Å². The Morgan fingerprint density at radius 2 is 1.24 bits per heavy atom. The monoisotopic (exact) mass is 280 g/mol. The zero-order chi connectivity index (χ0) is 15.3. The van der Waals surface area contributed by atoms with Crippen LogP contribution in [0.4, 0.5) is 0 Å². The molecule has 108 valence electrons. The van der Waals surface area contributed by atoms with Crippen molar-refractivity contribution >= 4 is 0 Å². The van der Waals surface area contributed by atoms with Crippen molar-refractivity contribution < 1.29 is 10.2 Å². The van der Waals surface area contributed by atoms with Gasteiger partial charge in [-0.2, -0.15) is 0 Å². The van der Waals surface area contributed by atoms with Gasteiger partial charge in [0.25, 0.3) is 0 Å².